The lowest BCUT2D eigenvalue weighted by molar-refractivity contribution is -0.142. The van der Waals surface area contributed by atoms with Crippen molar-refractivity contribution in [3.8, 4) is 0 Å². The smallest absolute Gasteiger partial charge is 0.308 e. The van der Waals surface area contributed by atoms with Crippen molar-refractivity contribution in [2.24, 2.45) is 11.8 Å². The summed E-state index contributed by atoms with van der Waals surface area (Å²) in [5.74, 6) is -4.29. The average molecular weight is 319 g/mol. The summed E-state index contributed by atoms with van der Waals surface area (Å²) >= 11 is 0. The van der Waals surface area contributed by atoms with Crippen LogP contribution in [-0.4, -0.2) is 36.9 Å². The molecule has 0 aromatic heterocycles. The minimum absolute atomic E-state index is 0.00480. The molecule has 0 spiro atoms. The first-order valence-electron chi connectivity index (χ1n) is 6.33. The predicted molar refractivity (Wildman–Crippen MR) is 70.1 cm³/mol. The van der Waals surface area contributed by atoms with E-state index in [1.807, 2.05) is 0 Å². The van der Waals surface area contributed by atoms with Gasteiger partial charge in [-0.05, 0) is 24.5 Å². The Bertz CT molecular complexity index is 690. The zero-order valence-electron chi connectivity index (χ0n) is 11.5. The third kappa shape index (κ3) is 2.77. The van der Waals surface area contributed by atoms with Crippen LogP contribution in [0.1, 0.15) is 12.5 Å². The summed E-state index contributed by atoms with van der Waals surface area (Å²) in [6.07, 6.45) is 0. The lowest BCUT2D eigenvalue weighted by Gasteiger charge is -2.17. The quantitative estimate of drug-likeness (QED) is 0.918. The van der Waals surface area contributed by atoms with E-state index in [9.17, 15) is 22.0 Å². The van der Waals surface area contributed by atoms with Gasteiger partial charge in [0.25, 0.3) is 0 Å². The molecule has 1 aliphatic rings. The zero-order valence-corrected chi connectivity index (χ0v) is 12.3. The van der Waals surface area contributed by atoms with Gasteiger partial charge in [0.15, 0.2) is 0 Å². The number of nitrogens with zero attached hydrogens (tertiary/aromatic N) is 1. The number of aryl methyl sites for hydroxylation is 1. The van der Waals surface area contributed by atoms with E-state index >= 15 is 0 Å². The van der Waals surface area contributed by atoms with Gasteiger partial charge in [0.05, 0.1) is 5.92 Å². The third-order valence-electron chi connectivity index (χ3n) is 3.73. The second-order valence-electron chi connectivity index (χ2n) is 5.28. The average Bonchev–Trinajstić information content (AvgIpc) is 2.76. The molecule has 1 fully saturated rings. The summed E-state index contributed by atoms with van der Waals surface area (Å²) < 4.78 is 52.7. The molecule has 1 aromatic rings. The van der Waals surface area contributed by atoms with Crippen molar-refractivity contribution in [1.29, 1.82) is 0 Å². The van der Waals surface area contributed by atoms with Crippen LogP contribution in [0.4, 0.5) is 8.78 Å². The highest BCUT2D eigenvalue weighted by Gasteiger charge is 2.41. The number of rotatable bonds is 3. The lowest BCUT2D eigenvalue weighted by atomic mass is 9.99. The molecule has 0 unspecified atom stereocenters. The third-order valence-corrected chi connectivity index (χ3v) is 5.57. The van der Waals surface area contributed by atoms with Crippen LogP contribution in [-0.2, 0) is 14.8 Å². The molecule has 116 valence electrons. The largest absolute Gasteiger partial charge is 0.481 e. The highest BCUT2D eigenvalue weighted by atomic mass is 32.2. The molecule has 0 saturated carbocycles. The van der Waals surface area contributed by atoms with Crippen molar-refractivity contribution >= 4 is 16.0 Å². The Morgan fingerprint density at radius 2 is 1.90 bits per heavy atom. The Hall–Kier alpha value is -1.54. The van der Waals surface area contributed by atoms with Gasteiger partial charge in [-0.3, -0.25) is 4.79 Å². The van der Waals surface area contributed by atoms with Crippen LogP contribution in [0, 0.1) is 30.4 Å². The van der Waals surface area contributed by atoms with Crippen molar-refractivity contribution in [1.82, 2.24) is 4.31 Å². The molecular weight excluding hydrogens is 304 g/mol. The van der Waals surface area contributed by atoms with Crippen LogP contribution >= 0.6 is 0 Å². The standard InChI is InChI=1S/C13H15F2NO4S/c1-7-3-12(11(15)4-10(7)14)21(19,20)16-5-8(2)9(6-16)13(17)18/h3-4,8-9H,5-6H2,1-2H3,(H,17,18)/t8-,9-/m1/s1. The maximum atomic E-state index is 13.8. The number of sulfonamides is 1. The minimum Gasteiger partial charge on any atom is -0.481 e. The van der Waals surface area contributed by atoms with Crippen molar-refractivity contribution in [2.75, 3.05) is 13.1 Å². The molecule has 1 N–H and O–H groups in total. The van der Waals surface area contributed by atoms with E-state index in [1.165, 1.54) is 6.92 Å². The fourth-order valence-corrected chi connectivity index (χ4v) is 4.11. The van der Waals surface area contributed by atoms with Gasteiger partial charge in [0.2, 0.25) is 10.0 Å². The van der Waals surface area contributed by atoms with Crippen molar-refractivity contribution in [3.05, 3.63) is 29.3 Å². The van der Waals surface area contributed by atoms with Crippen LogP contribution in [0.2, 0.25) is 0 Å². The van der Waals surface area contributed by atoms with E-state index in [4.69, 9.17) is 5.11 Å². The minimum atomic E-state index is -4.18. The molecule has 2 rings (SSSR count). The molecular formula is C13H15F2NO4S. The Balaban J connectivity index is 2.40. The Kier molecular flexibility index (Phi) is 4.03. The Morgan fingerprint density at radius 3 is 2.43 bits per heavy atom. The Morgan fingerprint density at radius 1 is 1.29 bits per heavy atom. The van der Waals surface area contributed by atoms with Crippen LogP contribution in [0.5, 0.6) is 0 Å². The molecule has 0 radical (unpaired) electrons. The topological polar surface area (TPSA) is 74.7 Å². The molecule has 0 bridgehead atoms. The molecule has 0 aliphatic carbocycles. The number of hydrogen-bond donors (Lipinski definition) is 1. The van der Waals surface area contributed by atoms with Crippen molar-refractivity contribution < 1.29 is 27.1 Å². The van der Waals surface area contributed by atoms with Crippen LogP contribution < -0.4 is 0 Å². The predicted octanol–water partition coefficient (Wildman–Crippen LogP) is 1.61. The number of carboxylic acids is 1. The molecule has 21 heavy (non-hydrogen) atoms. The Labute approximate surface area is 121 Å². The van der Waals surface area contributed by atoms with E-state index < -0.39 is 38.4 Å². The maximum absolute atomic E-state index is 13.8. The summed E-state index contributed by atoms with van der Waals surface area (Å²) in [6.45, 7) is 2.74. The normalized spacial score (nSPS) is 23.4. The van der Waals surface area contributed by atoms with Gasteiger partial charge in [-0.1, -0.05) is 6.92 Å². The maximum Gasteiger partial charge on any atom is 0.308 e. The second-order valence-corrected chi connectivity index (χ2v) is 7.18. The van der Waals surface area contributed by atoms with Gasteiger partial charge in [-0.25, -0.2) is 17.2 Å². The van der Waals surface area contributed by atoms with Crippen molar-refractivity contribution in [2.45, 2.75) is 18.7 Å². The summed E-state index contributed by atoms with van der Waals surface area (Å²) in [5.41, 5.74) is 0.0111. The first-order valence-corrected chi connectivity index (χ1v) is 7.77. The summed E-state index contributed by atoms with van der Waals surface area (Å²) in [4.78, 5) is 10.4. The number of aliphatic carboxylic acids is 1. The van der Waals surface area contributed by atoms with Crippen LogP contribution in [0.15, 0.2) is 17.0 Å². The zero-order chi connectivity index (χ0) is 15.9. The molecule has 1 saturated heterocycles. The molecule has 1 aliphatic heterocycles. The summed E-state index contributed by atoms with van der Waals surface area (Å²) in [5, 5.41) is 9.03. The molecule has 0 amide bonds. The van der Waals surface area contributed by atoms with Crippen molar-refractivity contribution in [3.63, 3.8) is 0 Å². The molecule has 2 atom stereocenters. The van der Waals surface area contributed by atoms with E-state index in [-0.39, 0.29) is 24.6 Å². The fourth-order valence-electron chi connectivity index (χ4n) is 2.41. The SMILES string of the molecule is Cc1cc(S(=O)(=O)N2C[C@@H](C)[C@H](C(=O)O)C2)c(F)cc1F. The number of benzene rings is 1. The monoisotopic (exact) mass is 319 g/mol. The second kappa shape index (κ2) is 5.34. The number of hydrogen-bond acceptors (Lipinski definition) is 3. The number of halogens is 2. The highest BCUT2D eigenvalue weighted by molar-refractivity contribution is 7.89. The molecule has 1 heterocycles. The van der Waals surface area contributed by atoms with Gasteiger partial charge in [-0.2, -0.15) is 4.31 Å². The van der Waals surface area contributed by atoms with Gasteiger partial charge >= 0.3 is 5.97 Å². The van der Waals surface area contributed by atoms with E-state index in [2.05, 4.69) is 0 Å². The van der Waals surface area contributed by atoms with Gasteiger partial charge in [0, 0.05) is 19.2 Å². The van der Waals surface area contributed by atoms with Crippen LogP contribution in [0.3, 0.4) is 0 Å². The van der Waals surface area contributed by atoms with Gasteiger partial charge < -0.3 is 5.11 Å². The first kappa shape index (κ1) is 15.8. The fraction of sp³-hybridized carbons (Fsp3) is 0.462. The van der Waals surface area contributed by atoms with Gasteiger partial charge in [0.1, 0.15) is 16.5 Å². The highest BCUT2D eigenvalue weighted by Crippen LogP contribution is 2.30. The van der Waals surface area contributed by atoms with E-state index in [0.29, 0.717) is 6.07 Å². The molecule has 5 nitrogen and oxygen atoms in total. The van der Waals surface area contributed by atoms with Gasteiger partial charge in [-0.15, -0.1) is 0 Å². The van der Waals surface area contributed by atoms with Crippen LogP contribution in [0.25, 0.3) is 0 Å². The lowest BCUT2D eigenvalue weighted by Crippen LogP contribution is -2.30. The molecule has 1 aromatic carbocycles. The molecule has 8 heteroatoms. The number of carbonyl (C=O) groups is 1. The summed E-state index contributed by atoms with van der Waals surface area (Å²) in [7, 11) is -4.18. The van der Waals surface area contributed by atoms with E-state index in [0.717, 1.165) is 10.4 Å². The first-order chi connectivity index (χ1) is 9.64. The van der Waals surface area contributed by atoms with E-state index in [1.54, 1.807) is 6.92 Å². The summed E-state index contributed by atoms with van der Waals surface area (Å²) in [6, 6.07) is 1.45. The number of carboxylic acid groups (broad SMARTS) is 1.